The van der Waals surface area contributed by atoms with Crippen molar-refractivity contribution in [2.75, 3.05) is 13.1 Å². The Morgan fingerprint density at radius 1 is 1.32 bits per heavy atom. The lowest BCUT2D eigenvalue weighted by Crippen LogP contribution is -2.33. The number of nitrogens with one attached hydrogen (secondary N) is 3. The highest BCUT2D eigenvalue weighted by Crippen LogP contribution is 1.90. The van der Waals surface area contributed by atoms with E-state index in [2.05, 4.69) is 15.6 Å². The molecule has 1 aromatic heterocycles. The molecule has 3 N–H and O–H groups in total. The molecule has 0 radical (unpaired) electrons. The summed E-state index contributed by atoms with van der Waals surface area (Å²) in [4.78, 5) is 37.1. The van der Waals surface area contributed by atoms with Gasteiger partial charge in [0, 0.05) is 38.0 Å². The summed E-state index contributed by atoms with van der Waals surface area (Å²) in [6.45, 7) is 4.83. The summed E-state index contributed by atoms with van der Waals surface area (Å²) >= 11 is 0. The Labute approximate surface area is 111 Å². The van der Waals surface area contributed by atoms with Crippen LogP contribution in [0.2, 0.25) is 0 Å². The third kappa shape index (κ3) is 5.37. The molecular formula is C13H19N3O3. The maximum Gasteiger partial charge on any atom is 0.256 e. The third-order valence-electron chi connectivity index (χ3n) is 2.41. The van der Waals surface area contributed by atoms with Crippen molar-refractivity contribution in [2.24, 2.45) is 5.92 Å². The molecule has 2 amide bonds. The van der Waals surface area contributed by atoms with Crippen LogP contribution in [-0.4, -0.2) is 29.9 Å². The molecule has 0 unspecified atom stereocenters. The molecule has 1 heterocycles. The van der Waals surface area contributed by atoms with E-state index in [1.165, 1.54) is 18.5 Å². The van der Waals surface area contributed by atoms with Crippen molar-refractivity contribution < 1.29 is 9.59 Å². The maximum absolute atomic E-state index is 11.7. The minimum atomic E-state index is -0.474. The molecule has 104 valence electrons. The van der Waals surface area contributed by atoms with Gasteiger partial charge in [0.2, 0.25) is 5.91 Å². The van der Waals surface area contributed by atoms with Crippen molar-refractivity contribution in [3.05, 3.63) is 34.2 Å². The molecule has 0 aliphatic rings. The van der Waals surface area contributed by atoms with Gasteiger partial charge in [-0.2, -0.15) is 0 Å². The van der Waals surface area contributed by atoms with Gasteiger partial charge in [0.15, 0.2) is 5.43 Å². The maximum atomic E-state index is 11.7. The lowest BCUT2D eigenvalue weighted by molar-refractivity contribution is -0.121. The van der Waals surface area contributed by atoms with Crippen LogP contribution in [0.5, 0.6) is 0 Å². The standard InChI is InChI=1S/C13H19N3O3/c1-9(2)7-16-12(18)4-6-15-13(19)10-8-14-5-3-11(10)17/h3,5,8-9H,4,6-7H2,1-2H3,(H,14,17)(H,15,19)(H,16,18). The van der Waals surface area contributed by atoms with Crippen LogP contribution in [0.1, 0.15) is 30.6 Å². The van der Waals surface area contributed by atoms with Crippen LogP contribution in [0, 0.1) is 5.92 Å². The topological polar surface area (TPSA) is 91.1 Å². The number of aromatic nitrogens is 1. The van der Waals surface area contributed by atoms with E-state index in [4.69, 9.17) is 0 Å². The van der Waals surface area contributed by atoms with Crippen LogP contribution in [-0.2, 0) is 4.79 Å². The van der Waals surface area contributed by atoms with Crippen LogP contribution in [0.15, 0.2) is 23.3 Å². The number of amides is 2. The number of pyridine rings is 1. The van der Waals surface area contributed by atoms with Crippen molar-refractivity contribution in [2.45, 2.75) is 20.3 Å². The van der Waals surface area contributed by atoms with Crippen molar-refractivity contribution in [1.82, 2.24) is 15.6 Å². The highest BCUT2D eigenvalue weighted by molar-refractivity contribution is 5.93. The van der Waals surface area contributed by atoms with Gasteiger partial charge in [0.05, 0.1) is 0 Å². The molecule has 0 aromatic carbocycles. The average molecular weight is 265 g/mol. The number of aromatic amines is 1. The van der Waals surface area contributed by atoms with Gasteiger partial charge in [-0.15, -0.1) is 0 Å². The third-order valence-corrected chi connectivity index (χ3v) is 2.41. The van der Waals surface area contributed by atoms with Gasteiger partial charge in [0.1, 0.15) is 5.56 Å². The average Bonchev–Trinajstić information content (AvgIpc) is 2.36. The van der Waals surface area contributed by atoms with E-state index in [0.29, 0.717) is 12.5 Å². The van der Waals surface area contributed by atoms with Gasteiger partial charge in [-0.05, 0) is 5.92 Å². The van der Waals surface area contributed by atoms with Crippen molar-refractivity contribution >= 4 is 11.8 Å². The van der Waals surface area contributed by atoms with Crippen molar-refractivity contribution in [3.63, 3.8) is 0 Å². The quantitative estimate of drug-likeness (QED) is 0.689. The molecule has 19 heavy (non-hydrogen) atoms. The fourth-order valence-corrected chi connectivity index (χ4v) is 1.38. The monoisotopic (exact) mass is 265 g/mol. The van der Waals surface area contributed by atoms with E-state index in [1.807, 2.05) is 13.8 Å². The summed E-state index contributed by atoms with van der Waals surface area (Å²) in [5.74, 6) is -0.198. The second-order valence-corrected chi connectivity index (χ2v) is 4.63. The molecule has 0 bridgehead atoms. The molecule has 0 fully saturated rings. The van der Waals surface area contributed by atoms with Crippen LogP contribution < -0.4 is 16.1 Å². The fraction of sp³-hybridized carbons (Fsp3) is 0.462. The van der Waals surface area contributed by atoms with E-state index in [9.17, 15) is 14.4 Å². The number of rotatable bonds is 6. The molecule has 6 heteroatoms. The van der Waals surface area contributed by atoms with Gasteiger partial charge < -0.3 is 15.6 Å². The summed E-state index contributed by atoms with van der Waals surface area (Å²) < 4.78 is 0. The fourth-order valence-electron chi connectivity index (χ4n) is 1.38. The predicted molar refractivity (Wildman–Crippen MR) is 71.9 cm³/mol. The van der Waals surface area contributed by atoms with Gasteiger partial charge in [-0.3, -0.25) is 14.4 Å². The Kier molecular flexibility index (Phi) is 5.78. The summed E-state index contributed by atoms with van der Waals surface area (Å²) in [5.41, 5.74) is -0.300. The smallest absolute Gasteiger partial charge is 0.256 e. The highest BCUT2D eigenvalue weighted by atomic mass is 16.2. The van der Waals surface area contributed by atoms with Crippen LogP contribution in [0.3, 0.4) is 0 Å². The molecule has 0 atom stereocenters. The zero-order valence-electron chi connectivity index (χ0n) is 11.2. The number of hydrogen-bond donors (Lipinski definition) is 3. The number of H-pyrrole nitrogens is 1. The molecule has 6 nitrogen and oxygen atoms in total. The minimum absolute atomic E-state index is 0.0464. The molecular weight excluding hydrogens is 246 g/mol. The first kappa shape index (κ1) is 14.9. The molecule has 0 aliphatic carbocycles. The highest BCUT2D eigenvalue weighted by Gasteiger charge is 2.09. The van der Waals surface area contributed by atoms with Gasteiger partial charge in [0.25, 0.3) is 5.91 Å². The Morgan fingerprint density at radius 3 is 2.68 bits per heavy atom. The lowest BCUT2D eigenvalue weighted by Gasteiger charge is -2.08. The summed E-state index contributed by atoms with van der Waals surface area (Å²) in [6.07, 6.45) is 3.00. The first-order chi connectivity index (χ1) is 9.00. The van der Waals surface area contributed by atoms with E-state index in [0.717, 1.165) is 0 Å². The number of carbonyl (C=O) groups is 2. The zero-order chi connectivity index (χ0) is 14.3. The second kappa shape index (κ2) is 7.35. The summed E-state index contributed by atoms with van der Waals surface area (Å²) in [5, 5.41) is 5.29. The first-order valence-corrected chi connectivity index (χ1v) is 6.22. The summed E-state index contributed by atoms with van der Waals surface area (Å²) in [6, 6.07) is 1.28. The van der Waals surface area contributed by atoms with Crippen LogP contribution >= 0.6 is 0 Å². The Morgan fingerprint density at radius 2 is 2.05 bits per heavy atom. The van der Waals surface area contributed by atoms with Crippen LogP contribution in [0.25, 0.3) is 0 Å². The number of hydrogen-bond acceptors (Lipinski definition) is 3. The van der Waals surface area contributed by atoms with Gasteiger partial charge in [-0.1, -0.05) is 13.8 Å². The predicted octanol–water partition coefficient (Wildman–Crippen LogP) is 0.267. The van der Waals surface area contributed by atoms with Crippen molar-refractivity contribution in [1.29, 1.82) is 0 Å². The van der Waals surface area contributed by atoms with Crippen molar-refractivity contribution in [3.8, 4) is 0 Å². The Balaban J connectivity index is 2.34. The summed E-state index contributed by atoms with van der Waals surface area (Å²) in [7, 11) is 0. The van der Waals surface area contributed by atoms with E-state index < -0.39 is 5.91 Å². The second-order valence-electron chi connectivity index (χ2n) is 4.63. The minimum Gasteiger partial charge on any atom is -0.367 e. The van der Waals surface area contributed by atoms with E-state index in [1.54, 1.807) is 0 Å². The van der Waals surface area contributed by atoms with Crippen LogP contribution in [0.4, 0.5) is 0 Å². The van der Waals surface area contributed by atoms with E-state index >= 15 is 0 Å². The Hall–Kier alpha value is -2.11. The Bertz CT molecular complexity index is 494. The molecule has 0 spiro atoms. The van der Waals surface area contributed by atoms with Gasteiger partial charge in [-0.25, -0.2) is 0 Å². The molecule has 1 aromatic rings. The van der Waals surface area contributed by atoms with Gasteiger partial charge >= 0.3 is 0 Å². The molecule has 0 saturated carbocycles. The lowest BCUT2D eigenvalue weighted by atomic mass is 10.2. The first-order valence-electron chi connectivity index (χ1n) is 6.22. The van der Waals surface area contributed by atoms with E-state index in [-0.39, 0.29) is 29.9 Å². The molecule has 0 saturated heterocycles. The SMILES string of the molecule is CC(C)CNC(=O)CCNC(=O)c1c[nH]ccc1=O. The zero-order valence-corrected chi connectivity index (χ0v) is 11.2. The largest absolute Gasteiger partial charge is 0.367 e. The number of carbonyl (C=O) groups excluding carboxylic acids is 2. The molecule has 0 aliphatic heterocycles. The normalized spacial score (nSPS) is 10.3. The molecule has 1 rings (SSSR count).